The minimum Gasteiger partial charge on any atom is -0.496 e. The van der Waals surface area contributed by atoms with Crippen LogP contribution >= 0.6 is 15.9 Å². The molecule has 0 spiro atoms. The molecule has 94 valence electrons. The number of halogens is 1. The number of hydrogen-bond donors (Lipinski definition) is 2. The summed E-state index contributed by atoms with van der Waals surface area (Å²) < 4.78 is 5.88. The summed E-state index contributed by atoms with van der Waals surface area (Å²) in [5.74, 6) is -0.744. The number of carbonyl (C=O) groups is 1. The van der Waals surface area contributed by atoms with Gasteiger partial charge in [-0.2, -0.15) is 0 Å². The van der Waals surface area contributed by atoms with Crippen LogP contribution in [0.1, 0.15) is 24.9 Å². The fraction of sp³-hybridized carbons (Fsp3) is 0.417. The predicted octanol–water partition coefficient (Wildman–Crippen LogP) is 2.57. The van der Waals surface area contributed by atoms with Gasteiger partial charge in [0.05, 0.1) is 17.5 Å². The maximum atomic E-state index is 11.0. The quantitative estimate of drug-likeness (QED) is 0.877. The lowest BCUT2D eigenvalue weighted by molar-refractivity contribution is -0.142. The zero-order chi connectivity index (χ0) is 13.0. The first-order valence-electron chi connectivity index (χ1n) is 5.33. The molecular weight excluding hydrogens is 286 g/mol. The van der Waals surface area contributed by atoms with Gasteiger partial charge in [0, 0.05) is 6.04 Å². The lowest BCUT2D eigenvalue weighted by Crippen LogP contribution is -2.27. The van der Waals surface area contributed by atoms with Gasteiger partial charge in [0.25, 0.3) is 0 Å². The van der Waals surface area contributed by atoms with Crippen molar-refractivity contribution in [3.05, 3.63) is 28.2 Å². The number of aliphatic carboxylic acids is 1. The molecule has 0 saturated carbocycles. The number of carboxylic acids is 1. The van der Waals surface area contributed by atoms with Gasteiger partial charge in [-0.15, -0.1) is 0 Å². The van der Waals surface area contributed by atoms with Gasteiger partial charge >= 0.3 is 5.97 Å². The van der Waals surface area contributed by atoms with Crippen molar-refractivity contribution in [1.82, 2.24) is 0 Å². The number of ether oxygens (including phenoxy) is 1. The van der Waals surface area contributed by atoms with E-state index in [1.807, 2.05) is 6.92 Å². The second-order valence-electron chi connectivity index (χ2n) is 3.77. The van der Waals surface area contributed by atoms with Gasteiger partial charge in [-0.3, -0.25) is 4.79 Å². The van der Waals surface area contributed by atoms with Crippen LogP contribution in [-0.2, 0) is 4.79 Å². The Labute approximate surface area is 109 Å². The molecular formula is C12H16BrNO3. The van der Waals surface area contributed by atoms with E-state index in [2.05, 4.69) is 15.9 Å². The van der Waals surface area contributed by atoms with E-state index in [4.69, 9.17) is 15.6 Å². The lowest BCUT2D eigenvalue weighted by atomic mass is 9.92. The van der Waals surface area contributed by atoms with Crippen molar-refractivity contribution >= 4 is 21.9 Å². The van der Waals surface area contributed by atoms with E-state index in [0.717, 1.165) is 10.0 Å². The lowest BCUT2D eigenvalue weighted by Gasteiger charge is -2.19. The molecule has 0 aliphatic carbocycles. The van der Waals surface area contributed by atoms with Crippen LogP contribution in [0.4, 0.5) is 0 Å². The molecule has 1 aromatic carbocycles. The normalized spacial score (nSPS) is 14.1. The summed E-state index contributed by atoms with van der Waals surface area (Å²) in [7, 11) is 1.58. The molecule has 0 aliphatic rings. The monoisotopic (exact) mass is 301 g/mol. The maximum absolute atomic E-state index is 11.0. The van der Waals surface area contributed by atoms with Gasteiger partial charge in [-0.25, -0.2) is 0 Å². The third kappa shape index (κ3) is 3.20. The second kappa shape index (κ2) is 6.02. The van der Waals surface area contributed by atoms with Crippen LogP contribution in [-0.4, -0.2) is 18.2 Å². The van der Waals surface area contributed by atoms with Crippen LogP contribution in [0, 0.1) is 5.92 Å². The van der Waals surface area contributed by atoms with E-state index in [-0.39, 0.29) is 0 Å². The van der Waals surface area contributed by atoms with Crippen molar-refractivity contribution in [2.24, 2.45) is 11.7 Å². The molecule has 3 N–H and O–H groups in total. The second-order valence-corrected chi connectivity index (χ2v) is 4.63. The highest BCUT2D eigenvalue weighted by Gasteiger charge is 2.25. The van der Waals surface area contributed by atoms with E-state index >= 15 is 0 Å². The van der Waals surface area contributed by atoms with Gasteiger partial charge in [0.15, 0.2) is 0 Å². The minimum absolute atomic E-state index is 0.500. The smallest absolute Gasteiger partial charge is 0.308 e. The Bertz CT molecular complexity index is 409. The molecule has 1 aromatic rings. The van der Waals surface area contributed by atoms with Crippen molar-refractivity contribution < 1.29 is 14.6 Å². The van der Waals surface area contributed by atoms with Crippen LogP contribution in [0.3, 0.4) is 0 Å². The Hall–Kier alpha value is -1.07. The van der Waals surface area contributed by atoms with Crippen LogP contribution in [0.5, 0.6) is 5.75 Å². The van der Waals surface area contributed by atoms with Gasteiger partial charge in [-0.1, -0.05) is 13.0 Å². The summed E-state index contributed by atoms with van der Waals surface area (Å²) in [5.41, 5.74) is 6.75. The third-order valence-electron chi connectivity index (χ3n) is 2.75. The average Bonchev–Trinajstić information content (AvgIpc) is 2.29. The molecule has 0 radical (unpaired) electrons. The number of nitrogens with two attached hydrogens (primary N) is 1. The molecule has 2 unspecified atom stereocenters. The van der Waals surface area contributed by atoms with Gasteiger partial charge < -0.3 is 15.6 Å². The predicted molar refractivity (Wildman–Crippen MR) is 69.0 cm³/mol. The highest BCUT2D eigenvalue weighted by atomic mass is 79.9. The average molecular weight is 302 g/mol. The highest BCUT2D eigenvalue weighted by Crippen LogP contribution is 2.30. The molecule has 17 heavy (non-hydrogen) atoms. The Kier molecular flexibility index (Phi) is 4.96. The molecule has 0 saturated heterocycles. The first-order chi connectivity index (χ1) is 8.01. The molecule has 4 nitrogen and oxygen atoms in total. The van der Waals surface area contributed by atoms with Gasteiger partial charge in [-0.05, 0) is 40.0 Å². The zero-order valence-corrected chi connectivity index (χ0v) is 11.4. The van der Waals surface area contributed by atoms with Gasteiger partial charge in [0.2, 0.25) is 0 Å². The van der Waals surface area contributed by atoms with Crippen LogP contribution < -0.4 is 10.5 Å². The van der Waals surface area contributed by atoms with E-state index in [9.17, 15) is 4.79 Å². The standard InChI is InChI=1S/C12H16BrNO3/c1-3-8(12(15)16)11(14)7-4-5-10(17-2)9(13)6-7/h4-6,8,11H,3,14H2,1-2H3,(H,15,16). The molecule has 0 heterocycles. The number of rotatable bonds is 5. The largest absolute Gasteiger partial charge is 0.496 e. The topological polar surface area (TPSA) is 72.5 Å². The van der Waals surface area contributed by atoms with Crippen LogP contribution in [0.15, 0.2) is 22.7 Å². The summed E-state index contributed by atoms with van der Waals surface area (Å²) in [6.45, 7) is 1.82. The SMILES string of the molecule is CCC(C(=O)O)C(N)c1ccc(OC)c(Br)c1. The van der Waals surface area contributed by atoms with Crippen LogP contribution in [0.25, 0.3) is 0 Å². The summed E-state index contributed by atoms with van der Waals surface area (Å²) >= 11 is 3.36. The molecule has 0 amide bonds. The molecule has 5 heteroatoms. The Morgan fingerprint density at radius 1 is 1.59 bits per heavy atom. The van der Waals surface area contributed by atoms with E-state index in [1.54, 1.807) is 25.3 Å². The Morgan fingerprint density at radius 2 is 2.24 bits per heavy atom. The summed E-state index contributed by atoms with van der Waals surface area (Å²) in [6.07, 6.45) is 0.500. The third-order valence-corrected chi connectivity index (χ3v) is 3.37. The number of hydrogen-bond acceptors (Lipinski definition) is 3. The fourth-order valence-electron chi connectivity index (χ4n) is 1.70. The molecule has 1 rings (SSSR count). The molecule has 0 bridgehead atoms. The highest BCUT2D eigenvalue weighted by molar-refractivity contribution is 9.10. The molecule has 0 fully saturated rings. The summed E-state index contributed by atoms with van der Waals surface area (Å²) in [6, 6.07) is 4.85. The van der Waals surface area contributed by atoms with Crippen molar-refractivity contribution in [3.63, 3.8) is 0 Å². The van der Waals surface area contributed by atoms with Crippen molar-refractivity contribution in [3.8, 4) is 5.75 Å². The minimum atomic E-state index is -0.869. The number of carboxylic acid groups (broad SMARTS) is 1. The first kappa shape index (κ1) is 14.0. The Morgan fingerprint density at radius 3 is 2.65 bits per heavy atom. The number of methoxy groups -OCH3 is 1. The molecule has 2 atom stereocenters. The molecule has 0 aliphatic heterocycles. The first-order valence-corrected chi connectivity index (χ1v) is 6.12. The summed E-state index contributed by atoms with van der Waals surface area (Å²) in [4.78, 5) is 11.0. The zero-order valence-electron chi connectivity index (χ0n) is 9.81. The Balaban J connectivity index is 2.99. The van der Waals surface area contributed by atoms with Crippen molar-refractivity contribution in [2.75, 3.05) is 7.11 Å². The van der Waals surface area contributed by atoms with Crippen molar-refractivity contribution in [2.45, 2.75) is 19.4 Å². The van der Waals surface area contributed by atoms with E-state index < -0.39 is 17.9 Å². The maximum Gasteiger partial charge on any atom is 0.308 e. The number of benzene rings is 1. The molecule has 0 aromatic heterocycles. The van der Waals surface area contributed by atoms with Crippen molar-refractivity contribution in [1.29, 1.82) is 0 Å². The van der Waals surface area contributed by atoms with E-state index in [1.165, 1.54) is 0 Å². The van der Waals surface area contributed by atoms with Crippen LogP contribution in [0.2, 0.25) is 0 Å². The van der Waals surface area contributed by atoms with E-state index in [0.29, 0.717) is 12.2 Å². The summed E-state index contributed by atoms with van der Waals surface area (Å²) in [5, 5.41) is 9.06. The van der Waals surface area contributed by atoms with Gasteiger partial charge in [0.1, 0.15) is 5.75 Å². The fourth-order valence-corrected chi connectivity index (χ4v) is 2.26.